The number of hydrogen-bond acceptors (Lipinski definition) is 1. The van der Waals surface area contributed by atoms with Crippen molar-refractivity contribution in [3.05, 3.63) is 24.8 Å². The molecule has 22 heavy (non-hydrogen) atoms. The second-order valence-electron chi connectivity index (χ2n) is 7.46. The first-order valence-electron chi connectivity index (χ1n) is 9.71. The van der Waals surface area contributed by atoms with E-state index in [1.165, 1.54) is 70.6 Å². The van der Waals surface area contributed by atoms with Crippen LogP contribution in [0.1, 0.15) is 77.6 Å². The number of hydrogen-bond donors (Lipinski definition) is 0. The molecule has 2 rings (SSSR count). The summed E-state index contributed by atoms with van der Waals surface area (Å²) in [6, 6.07) is 0. The normalized spacial score (nSPS) is 33.1. The monoisotopic (exact) mass is 304 g/mol. The standard InChI is InChI=1S/C21H36O/c1-3-5-6-18-7-9-19(10-8-18)11-12-20-13-15-21(16-14-20)22-17-4-2/h4-6,18-21H,2-3,7-17H2,1H3/b6-5+/t18-,19-,20-,21-. The van der Waals surface area contributed by atoms with Gasteiger partial charge in [-0.1, -0.05) is 38.0 Å². The van der Waals surface area contributed by atoms with Gasteiger partial charge >= 0.3 is 0 Å². The summed E-state index contributed by atoms with van der Waals surface area (Å²) in [5, 5.41) is 0. The maximum absolute atomic E-state index is 5.79. The van der Waals surface area contributed by atoms with E-state index in [9.17, 15) is 0 Å². The third-order valence-corrected chi connectivity index (χ3v) is 5.76. The molecule has 0 aromatic heterocycles. The van der Waals surface area contributed by atoms with Gasteiger partial charge in [0, 0.05) is 0 Å². The molecule has 0 N–H and O–H groups in total. The van der Waals surface area contributed by atoms with Gasteiger partial charge in [-0.15, -0.1) is 6.58 Å². The van der Waals surface area contributed by atoms with Gasteiger partial charge in [0.15, 0.2) is 0 Å². The highest BCUT2D eigenvalue weighted by Crippen LogP contribution is 2.36. The van der Waals surface area contributed by atoms with Crippen molar-refractivity contribution in [2.75, 3.05) is 6.61 Å². The largest absolute Gasteiger partial charge is 0.374 e. The predicted octanol–water partition coefficient (Wildman–Crippen LogP) is 6.30. The Morgan fingerprint density at radius 3 is 2.05 bits per heavy atom. The summed E-state index contributed by atoms with van der Waals surface area (Å²) < 4.78 is 5.79. The fourth-order valence-electron chi connectivity index (χ4n) is 4.26. The van der Waals surface area contributed by atoms with Crippen LogP contribution in [0.2, 0.25) is 0 Å². The molecule has 0 amide bonds. The predicted molar refractivity (Wildman–Crippen MR) is 96.0 cm³/mol. The first-order valence-corrected chi connectivity index (χ1v) is 9.71. The maximum atomic E-state index is 5.79. The van der Waals surface area contributed by atoms with E-state index in [4.69, 9.17) is 4.74 Å². The van der Waals surface area contributed by atoms with Gasteiger partial charge in [0.1, 0.15) is 0 Å². The van der Waals surface area contributed by atoms with E-state index in [0.717, 1.165) is 24.4 Å². The van der Waals surface area contributed by atoms with Crippen molar-refractivity contribution in [2.45, 2.75) is 83.7 Å². The van der Waals surface area contributed by atoms with Crippen LogP contribution in [-0.4, -0.2) is 12.7 Å². The van der Waals surface area contributed by atoms with E-state index >= 15 is 0 Å². The number of ether oxygens (including phenoxy) is 1. The molecule has 126 valence electrons. The van der Waals surface area contributed by atoms with E-state index < -0.39 is 0 Å². The molecule has 1 nitrogen and oxygen atoms in total. The minimum absolute atomic E-state index is 0.509. The van der Waals surface area contributed by atoms with Gasteiger partial charge < -0.3 is 4.74 Å². The van der Waals surface area contributed by atoms with Gasteiger partial charge in [0.2, 0.25) is 0 Å². The van der Waals surface area contributed by atoms with Crippen molar-refractivity contribution < 1.29 is 4.74 Å². The average Bonchev–Trinajstić information content (AvgIpc) is 2.58. The fourth-order valence-corrected chi connectivity index (χ4v) is 4.26. The summed E-state index contributed by atoms with van der Waals surface area (Å²) in [7, 11) is 0. The Hall–Kier alpha value is -0.560. The lowest BCUT2D eigenvalue weighted by molar-refractivity contribution is 0.0327. The third kappa shape index (κ3) is 6.28. The van der Waals surface area contributed by atoms with Gasteiger partial charge in [0.25, 0.3) is 0 Å². The van der Waals surface area contributed by atoms with Crippen LogP contribution >= 0.6 is 0 Å². The Balaban J connectivity index is 1.56. The number of rotatable bonds is 8. The fraction of sp³-hybridized carbons (Fsp3) is 0.810. The molecule has 0 radical (unpaired) electrons. The zero-order valence-corrected chi connectivity index (χ0v) is 14.6. The van der Waals surface area contributed by atoms with Gasteiger partial charge in [0.05, 0.1) is 12.7 Å². The highest BCUT2D eigenvalue weighted by Gasteiger charge is 2.24. The van der Waals surface area contributed by atoms with Crippen molar-refractivity contribution in [2.24, 2.45) is 17.8 Å². The Labute approximate surface area is 138 Å². The van der Waals surface area contributed by atoms with Gasteiger partial charge in [-0.25, -0.2) is 0 Å². The summed E-state index contributed by atoms with van der Waals surface area (Å²) in [5.41, 5.74) is 0. The lowest BCUT2D eigenvalue weighted by Gasteiger charge is -2.31. The third-order valence-electron chi connectivity index (χ3n) is 5.76. The minimum atomic E-state index is 0.509. The second kappa shape index (κ2) is 10.3. The van der Waals surface area contributed by atoms with Crippen molar-refractivity contribution in [3.8, 4) is 0 Å². The van der Waals surface area contributed by atoms with Crippen LogP contribution in [0.15, 0.2) is 24.8 Å². The van der Waals surface area contributed by atoms with Gasteiger partial charge in [-0.2, -0.15) is 0 Å². The van der Waals surface area contributed by atoms with Crippen LogP contribution in [0.4, 0.5) is 0 Å². The summed E-state index contributed by atoms with van der Waals surface area (Å²) in [6.07, 6.45) is 22.5. The molecule has 1 heteroatoms. The van der Waals surface area contributed by atoms with E-state index in [2.05, 4.69) is 25.7 Å². The molecule has 2 saturated carbocycles. The first-order chi connectivity index (χ1) is 10.8. The van der Waals surface area contributed by atoms with Crippen molar-refractivity contribution in [3.63, 3.8) is 0 Å². The smallest absolute Gasteiger partial charge is 0.0648 e. The van der Waals surface area contributed by atoms with Crippen LogP contribution in [0, 0.1) is 17.8 Å². The molecule has 2 aliphatic carbocycles. The zero-order chi connectivity index (χ0) is 15.6. The molecule has 0 saturated heterocycles. The highest BCUT2D eigenvalue weighted by atomic mass is 16.5. The van der Waals surface area contributed by atoms with Gasteiger partial charge in [-0.3, -0.25) is 0 Å². The molecule has 0 bridgehead atoms. The molecule has 0 aromatic rings. The van der Waals surface area contributed by atoms with Crippen molar-refractivity contribution >= 4 is 0 Å². The topological polar surface area (TPSA) is 9.23 Å². The van der Waals surface area contributed by atoms with E-state index in [1.54, 1.807) is 0 Å². The Kier molecular flexibility index (Phi) is 8.30. The molecular formula is C21H36O. The number of allylic oxidation sites excluding steroid dienone is 2. The van der Waals surface area contributed by atoms with Crippen molar-refractivity contribution in [1.82, 2.24) is 0 Å². The van der Waals surface area contributed by atoms with Crippen molar-refractivity contribution in [1.29, 1.82) is 0 Å². The van der Waals surface area contributed by atoms with E-state index in [-0.39, 0.29) is 0 Å². The van der Waals surface area contributed by atoms with Crippen LogP contribution in [0.5, 0.6) is 0 Å². The molecule has 0 atom stereocenters. The lowest BCUT2D eigenvalue weighted by Crippen LogP contribution is -2.22. The lowest BCUT2D eigenvalue weighted by atomic mass is 9.77. The maximum Gasteiger partial charge on any atom is 0.0648 e. The molecule has 0 aromatic carbocycles. The summed E-state index contributed by atoms with van der Waals surface area (Å²) in [4.78, 5) is 0. The Morgan fingerprint density at radius 1 is 0.909 bits per heavy atom. The van der Waals surface area contributed by atoms with E-state index in [1.807, 2.05) is 6.08 Å². The molecule has 0 heterocycles. The summed E-state index contributed by atoms with van der Waals surface area (Å²) in [6.45, 7) is 6.70. The molecule has 2 fully saturated rings. The molecule has 2 aliphatic rings. The van der Waals surface area contributed by atoms with Crippen LogP contribution in [0.25, 0.3) is 0 Å². The van der Waals surface area contributed by atoms with Gasteiger partial charge in [-0.05, 0) is 75.5 Å². The van der Waals surface area contributed by atoms with Crippen LogP contribution in [0.3, 0.4) is 0 Å². The second-order valence-corrected chi connectivity index (χ2v) is 7.46. The average molecular weight is 305 g/mol. The van der Waals surface area contributed by atoms with Crippen LogP contribution < -0.4 is 0 Å². The van der Waals surface area contributed by atoms with E-state index in [0.29, 0.717) is 6.10 Å². The molecule has 0 aliphatic heterocycles. The summed E-state index contributed by atoms with van der Waals surface area (Å²) >= 11 is 0. The SMILES string of the molecule is C=CCO[C@H]1CC[C@H](CC[C@H]2CC[C@H](/C=C/CC)CC2)CC1. The minimum Gasteiger partial charge on any atom is -0.374 e. The molecule has 0 unspecified atom stereocenters. The highest BCUT2D eigenvalue weighted by molar-refractivity contribution is 4.90. The quantitative estimate of drug-likeness (QED) is 0.478. The Bertz CT molecular complexity index is 317. The zero-order valence-electron chi connectivity index (χ0n) is 14.6. The Morgan fingerprint density at radius 2 is 1.50 bits per heavy atom. The molecular weight excluding hydrogens is 268 g/mol. The summed E-state index contributed by atoms with van der Waals surface area (Å²) in [5.74, 6) is 2.87. The first kappa shape index (κ1) is 17.8. The van der Waals surface area contributed by atoms with Crippen LogP contribution in [-0.2, 0) is 4.74 Å². The molecule has 0 spiro atoms.